The van der Waals surface area contributed by atoms with E-state index in [1.807, 2.05) is 22.7 Å². The molecule has 1 unspecified atom stereocenters. The summed E-state index contributed by atoms with van der Waals surface area (Å²) < 4.78 is 2.04. The van der Waals surface area contributed by atoms with Crippen LogP contribution in [0.2, 0.25) is 5.15 Å². The zero-order valence-electron chi connectivity index (χ0n) is 10.2. The quantitative estimate of drug-likeness (QED) is 0.832. The second-order valence-corrected chi connectivity index (χ2v) is 5.20. The van der Waals surface area contributed by atoms with E-state index in [4.69, 9.17) is 17.3 Å². The van der Waals surface area contributed by atoms with Crippen molar-refractivity contribution in [2.24, 2.45) is 0 Å². The van der Waals surface area contributed by atoms with Crippen molar-refractivity contribution in [2.45, 2.75) is 25.2 Å². The molecular formula is C13H17ClN4. The van der Waals surface area contributed by atoms with Crippen LogP contribution >= 0.6 is 11.6 Å². The molecule has 2 aromatic rings. The van der Waals surface area contributed by atoms with Crippen LogP contribution < -0.4 is 11.1 Å². The fourth-order valence-electron chi connectivity index (χ4n) is 2.67. The molecular weight excluding hydrogens is 248 g/mol. The van der Waals surface area contributed by atoms with E-state index in [9.17, 15) is 0 Å². The van der Waals surface area contributed by atoms with Crippen molar-refractivity contribution in [1.82, 2.24) is 14.7 Å². The molecule has 2 aromatic heterocycles. The Morgan fingerprint density at radius 1 is 1.44 bits per heavy atom. The number of halogens is 1. The number of fused-ring (bicyclic) bond motifs is 1. The van der Waals surface area contributed by atoms with E-state index >= 15 is 0 Å². The molecule has 0 spiro atoms. The lowest BCUT2D eigenvalue weighted by molar-refractivity contribution is 0.576. The first kappa shape index (κ1) is 11.8. The zero-order chi connectivity index (χ0) is 12.5. The summed E-state index contributed by atoms with van der Waals surface area (Å²) in [5.41, 5.74) is 7.48. The number of anilines is 1. The van der Waals surface area contributed by atoms with Crippen LogP contribution in [0, 0.1) is 0 Å². The van der Waals surface area contributed by atoms with E-state index in [0.29, 0.717) is 16.8 Å². The van der Waals surface area contributed by atoms with Gasteiger partial charge < -0.3 is 15.5 Å². The van der Waals surface area contributed by atoms with Gasteiger partial charge in [-0.25, -0.2) is 4.98 Å². The van der Waals surface area contributed by atoms with Gasteiger partial charge in [-0.3, -0.25) is 0 Å². The van der Waals surface area contributed by atoms with Crippen LogP contribution in [0.1, 0.15) is 31.0 Å². The maximum atomic E-state index is 6.21. The molecule has 18 heavy (non-hydrogen) atoms. The Kier molecular flexibility index (Phi) is 3.14. The van der Waals surface area contributed by atoms with E-state index in [2.05, 4.69) is 10.3 Å². The van der Waals surface area contributed by atoms with Gasteiger partial charge in [0.2, 0.25) is 0 Å². The Hall–Kier alpha value is -1.26. The van der Waals surface area contributed by atoms with E-state index in [1.54, 1.807) is 0 Å². The molecule has 1 saturated heterocycles. The van der Waals surface area contributed by atoms with Crippen LogP contribution in [0.15, 0.2) is 18.3 Å². The van der Waals surface area contributed by atoms with E-state index < -0.39 is 0 Å². The van der Waals surface area contributed by atoms with Gasteiger partial charge >= 0.3 is 0 Å². The predicted octanol–water partition coefficient (Wildman–Crippen LogP) is 2.43. The van der Waals surface area contributed by atoms with Gasteiger partial charge in [-0.05, 0) is 31.5 Å². The van der Waals surface area contributed by atoms with Crippen molar-refractivity contribution >= 4 is 22.8 Å². The molecule has 0 bridgehead atoms. The van der Waals surface area contributed by atoms with Gasteiger partial charge in [0.25, 0.3) is 0 Å². The second kappa shape index (κ2) is 4.78. The van der Waals surface area contributed by atoms with Crippen LogP contribution in [-0.4, -0.2) is 22.5 Å². The van der Waals surface area contributed by atoms with Crippen molar-refractivity contribution < 1.29 is 0 Å². The van der Waals surface area contributed by atoms with Gasteiger partial charge in [0.05, 0.1) is 5.69 Å². The van der Waals surface area contributed by atoms with Crippen LogP contribution in [-0.2, 0) is 0 Å². The van der Waals surface area contributed by atoms with Crippen molar-refractivity contribution in [1.29, 1.82) is 0 Å². The lowest BCUT2D eigenvalue weighted by atomic mass is 10.0. The van der Waals surface area contributed by atoms with E-state index in [1.165, 1.54) is 12.8 Å². The maximum Gasteiger partial charge on any atom is 0.157 e. The normalized spacial score (nSPS) is 21.1. The number of hydrogen-bond donors (Lipinski definition) is 2. The first-order chi connectivity index (χ1) is 8.77. The molecule has 1 fully saturated rings. The summed E-state index contributed by atoms with van der Waals surface area (Å²) in [6.07, 6.45) is 5.60. The molecule has 0 aliphatic carbocycles. The second-order valence-electron chi connectivity index (χ2n) is 4.84. The summed E-state index contributed by atoms with van der Waals surface area (Å²) in [6, 6.07) is 3.80. The summed E-state index contributed by atoms with van der Waals surface area (Å²) in [5, 5.41) is 3.96. The summed E-state index contributed by atoms with van der Waals surface area (Å²) >= 11 is 6.21. The van der Waals surface area contributed by atoms with Crippen LogP contribution in [0.3, 0.4) is 0 Å². The SMILES string of the molecule is Nc1cccn2c(C3CCCCNC3)nc(Cl)c12. The van der Waals surface area contributed by atoms with Gasteiger partial charge in [-0.15, -0.1) is 0 Å². The number of rotatable bonds is 1. The average Bonchev–Trinajstić information content (AvgIpc) is 2.56. The topological polar surface area (TPSA) is 55.4 Å². The number of pyridine rings is 1. The molecule has 5 heteroatoms. The monoisotopic (exact) mass is 264 g/mol. The highest BCUT2D eigenvalue weighted by Crippen LogP contribution is 2.29. The molecule has 0 aromatic carbocycles. The van der Waals surface area contributed by atoms with Crippen molar-refractivity contribution in [3.8, 4) is 0 Å². The number of nitrogens with zero attached hydrogens (tertiary/aromatic N) is 2. The summed E-state index contributed by atoms with van der Waals surface area (Å²) in [7, 11) is 0. The first-order valence-corrected chi connectivity index (χ1v) is 6.78. The molecule has 4 nitrogen and oxygen atoms in total. The number of imidazole rings is 1. The van der Waals surface area contributed by atoms with Crippen molar-refractivity contribution in [3.05, 3.63) is 29.3 Å². The predicted molar refractivity (Wildman–Crippen MR) is 74.1 cm³/mol. The third-order valence-corrected chi connectivity index (χ3v) is 3.86. The molecule has 3 heterocycles. The Balaban J connectivity index is 2.08. The number of nitrogens with one attached hydrogen (secondary N) is 1. The Labute approximate surface area is 111 Å². The van der Waals surface area contributed by atoms with Gasteiger partial charge in [0, 0.05) is 18.7 Å². The molecule has 0 amide bonds. The Morgan fingerprint density at radius 3 is 3.22 bits per heavy atom. The zero-order valence-corrected chi connectivity index (χ0v) is 11.0. The van der Waals surface area contributed by atoms with Gasteiger partial charge in [0.1, 0.15) is 11.3 Å². The lowest BCUT2D eigenvalue weighted by Crippen LogP contribution is -2.20. The maximum absolute atomic E-state index is 6.21. The first-order valence-electron chi connectivity index (χ1n) is 6.40. The summed E-state index contributed by atoms with van der Waals surface area (Å²) in [6.45, 7) is 2.06. The lowest BCUT2D eigenvalue weighted by Gasteiger charge is -2.13. The fourth-order valence-corrected chi connectivity index (χ4v) is 2.96. The minimum atomic E-state index is 0.411. The molecule has 1 aliphatic heterocycles. The molecule has 0 radical (unpaired) electrons. The molecule has 1 atom stereocenters. The number of hydrogen-bond acceptors (Lipinski definition) is 3. The highest BCUT2D eigenvalue weighted by molar-refractivity contribution is 6.33. The number of aromatic nitrogens is 2. The Morgan fingerprint density at radius 2 is 2.33 bits per heavy atom. The van der Waals surface area contributed by atoms with E-state index in [-0.39, 0.29) is 0 Å². The Bertz CT molecular complexity index is 555. The highest BCUT2D eigenvalue weighted by atomic mass is 35.5. The average molecular weight is 265 g/mol. The highest BCUT2D eigenvalue weighted by Gasteiger charge is 2.21. The molecule has 1 aliphatic rings. The van der Waals surface area contributed by atoms with Crippen LogP contribution in [0.5, 0.6) is 0 Å². The summed E-state index contributed by atoms with van der Waals surface area (Å²) in [4.78, 5) is 4.52. The minimum absolute atomic E-state index is 0.411. The van der Waals surface area contributed by atoms with Crippen molar-refractivity contribution in [2.75, 3.05) is 18.8 Å². The fraction of sp³-hybridized carbons (Fsp3) is 0.462. The molecule has 3 rings (SSSR count). The summed E-state index contributed by atoms with van der Waals surface area (Å²) in [5.74, 6) is 1.44. The van der Waals surface area contributed by atoms with Gasteiger partial charge in [-0.1, -0.05) is 18.0 Å². The number of nitrogens with two attached hydrogens (primary N) is 1. The molecule has 96 valence electrons. The van der Waals surface area contributed by atoms with Crippen LogP contribution in [0.4, 0.5) is 5.69 Å². The number of nitrogen functional groups attached to an aromatic ring is 1. The third kappa shape index (κ3) is 1.95. The molecule has 0 saturated carbocycles. The van der Waals surface area contributed by atoms with Gasteiger partial charge in [-0.2, -0.15) is 0 Å². The van der Waals surface area contributed by atoms with E-state index in [0.717, 1.165) is 30.9 Å². The minimum Gasteiger partial charge on any atom is -0.397 e. The van der Waals surface area contributed by atoms with Crippen molar-refractivity contribution in [3.63, 3.8) is 0 Å². The van der Waals surface area contributed by atoms with Gasteiger partial charge in [0.15, 0.2) is 5.15 Å². The standard InChI is InChI=1S/C13H17ClN4/c14-12-11-10(15)5-3-7-18(11)13(17-12)9-4-1-2-6-16-8-9/h3,5,7,9,16H,1-2,4,6,8,15H2. The third-order valence-electron chi connectivity index (χ3n) is 3.59. The smallest absolute Gasteiger partial charge is 0.157 e. The molecule has 3 N–H and O–H groups in total. The largest absolute Gasteiger partial charge is 0.397 e. The van der Waals surface area contributed by atoms with Crippen LogP contribution in [0.25, 0.3) is 5.52 Å².